The van der Waals surface area contributed by atoms with Crippen molar-refractivity contribution in [3.8, 4) is 0 Å². The lowest BCUT2D eigenvalue weighted by atomic mass is 9.91. The summed E-state index contributed by atoms with van der Waals surface area (Å²) in [5.74, 6) is -0.144. The number of halogens is 1. The summed E-state index contributed by atoms with van der Waals surface area (Å²) in [6.07, 6.45) is 1.11. The standard InChI is InChI=1S/C11H19ClN2O3S/c1-11(2,3)8(7-18-5)13-17-10(16)14(4)9(15)6-12/h6-7H2,1-5H3. The summed E-state index contributed by atoms with van der Waals surface area (Å²) < 4.78 is 0. The number of hydrogen-bond acceptors (Lipinski definition) is 5. The fraction of sp³-hybridized carbons (Fsp3) is 0.727. The van der Waals surface area contributed by atoms with Crippen LogP contribution in [0.15, 0.2) is 5.16 Å². The van der Waals surface area contributed by atoms with Gasteiger partial charge >= 0.3 is 6.09 Å². The van der Waals surface area contributed by atoms with Gasteiger partial charge in [0.15, 0.2) is 0 Å². The van der Waals surface area contributed by atoms with E-state index in [0.29, 0.717) is 5.75 Å². The van der Waals surface area contributed by atoms with E-state index in [9.17, 15) is 9.59 Å². The molecule has 0 aliphatic rings. The molecule has 0 fully saturated rings. The number of alkyl halides is 1. The molecule has 0 aliphatic heterocycles. The molecule has 0 aromatic carbocycles. The quantitative estimate of drug-likeness (QED) is 0.346. The van der Waals surface area contributed by atoms with E-state index in [2.05, 4.69) is 5.16 Å². The second kappa shape index (κ2) is 7.63. The number of carbonyl (C=O) groups excluding carboxylic acids is 2. The molecule has 0 aliphatic carbocycles. The van der Waals surface area contributed by atoms with Crippen molar-refractivity contribution >= 4 is 41.1 Å². The summed E-state index contributed by atoms with van der Waals surface area (Å²) in [4.78, 5) is 28.2. The predicted octanol–water partition coefficient (Wildman–Crippen LogP) is 2.59. The SMILES string of the molecule is CSCC(=NOC(=O)N(C)C(=O)CCl)C(C)(C)C. The number of nitrogens with zero attached hydrogens (tertiary/aromatic N) is 2. The average molecular weight is 295 g/mol. The summed E-state index contributed by atoms with van der Waals surface area (Å²) in [6.45, 7) is 5.93. The largest absolute Gasteiger partial charge is 0.442 e. The minimum atomic E-state index is -0.830. The maximum Gasteiger partial charge on any atom is 0.442 e. The first-order valence-electron chi connectivity index (χ1n) is 5.33. The topological polar surface area (TPSA) is 59.0 Å². The normalized spacial score (nSPS) is 12.2. The summed E-state index contributed by atoms with van der Waals surface area (Å²) >= 11 is 6.92. The minimum Gasteiger partial charge on any atom is -0.298 e. The lowest BCUT2D eigenvalue weighted by Gasteiger charge is -2.20. The van der Waals surface area contributed by atoms with Crippen LogP contribution in [-0.4, -0.2) is 47.5 Å². The van der Waals surface area contributed by atoms with Crippen LogP contribution in [0.4, 0.5) is 4.79 Å². The molecular weight excluding hydrogens is 276 g/mol. The number of rotatable bonds is 4. The van der Waals surface area contributed by atoms with Crippen molar-refractivity contribution in [3.63, 3.8) is 0 Å². The van der Waals surface area contributed by atoms with Gasteiger partial charge in [-0.25, -0.2) is 9.69 Å². The molecule has 104 valence electrons. The van der Waals surface area contributed by atoms with Crippen LogP contribution in [0.5, 0.6) is 0 Å². The molecule has 0 heterocycles. The summed E-state index contributed by atoms with van der Waals surface area (Å²) in [6, 6.07) is 0. The van der Waals surface area contributed by atoms with Gasteiger partial charge < -0.3 is 0 Å². The van der Waals surface area contributed by atoms with Gasteiger partial charge in [-0.15, -0.1) is 11.6 Å². The number of imide groups is 1. The van der Waals surface area contributed by atoms with E-state index < -0.39 is 12.0 Å². The van der Waals surface area contributed by atoms with Gasteiger partial charge in [0.05, 0.1) is 5.71 Å². The van der Waals surface area contributed by atoms with Crippen molar-refractivity contribution in [1.82, 2.24) is 4.90 Å². The third-order valence-electron chi connectivity index (χ3n) is 2.14. The van der Waals surface area contributed by atoms with Crippen molar-refractivity contribution < 1.29 is 14.4 Å². The van der Waals surface area contributed by atoms with Gasteiger partial charge in [0.1, 0.15) is 5.88 Å². The Labute approximate surface area is 117 Å². The maximum absolute atomic E-state index is 11.5. The first-order chi connectivity index (χ1) is 8.23. The zero-order valence-corrected chi connectivity index (χ0v) is 12.9. The average Bonchev–Trinajstić information content (AvgIpc) is 2.30. The molecule has 18 heavy (non-hydrogen) atoms. The molecule has 0 unspecified atom stereocenters. The number of amides is 2. The summed E-state index contributed by atoms with van der Waals surface area (Å²) in [5.41, 5.74) is 0.549. The van der Waals surface area contributed by atoms with Crippen molar-refractivity contribution in [3.05, 3.63) is 0 Å². The first kappa shape index (κ1) is 17.2. The molecular formula is C11H19ClN2O3S. The van der Waals surface area contributed by atoms with Crippen molar-refractivity contribution in [2.75, 3.05) is 24.9 Å². The van der Waals surface area contributed by atoms with Gasteiger partial charge in [0, 0.05) is 18.2 Å². The molecule has 0 atom stereocenters. The number of hydrogen-bond donors (Lipinski definition) is 0. The minimum absolute atomic E-state index is 0.196. The molecule has 0 saturated heterocycles. The summed E-state index contributed by atoms with van der Waals surface area (Å²) in [5, 5.41) is 3.83. The predicted molar refractivity (Wildman–Crippen MR) is 75.2 cm³/mol. The monoisotopic (exact) mass is 294 g/mol. The number of thioether (sulfide) groups is 1. The molecule has 2 amide bonds. The number of oxime groups is 1. The Morgan fingerprint density at radius 3 is 2.33 bits per heavy atom. The lowest BCUT2D eigenvalue weighted by Crippen LogP contribution is -2.34. The van der Waals surface area contributed by atoms with Crippen LogP contribution >= 0.6 is 23.4 Å². The Balaban J connectivity index is 4.68. The zero-order chi connectivity index (χ0) is 14.3. The highest BCUT2D eigenvalue weighted by Gasteiger charge is 2.22. The highest BCUT2D eigenvalue weighted by molar-refractivity contribution is 7.99. The van der Waals surface area contributed by atoms with Gasteiger partial charge in [0.25, 0.3) is 0 Å². The third-order valence-corrected chi connectivity index (χ3v) is 2.93. The van der Waals surface area contributed by atoms with Gasteiger partial charge in [0.2, 0.25) is 5.91 Å². The van der Waals surface area contributed by atoms with Gasteiger partial charge in [-0.3, -0.25) is 9.63 Å². The van der Waals surface area contributed by atoms with E-state index in [1.165, 1.54) is 7.05 Å². The molecule has 0 bridgehead atoms. The fourth-order valence-electron chi connectivity index (χ4n) is 0.863. The van der Waals surface area contributed by atoms with Crippen LogP contribution in [0.1, 0.15) is 20.8 Å². The molecule has 7 heteroatoms. The first-order valence-corrected chi connectivity index (χ1v) is 7.26. The Morgan fingerprint density at radius 2 is 1.94 bits per heavy atom. The second-order valence-electron chi connectivity index (χ2n) is 4.66. The van der Waals surface area contributed by atoms with Crippen LogP contribution < -0.4 is 0 Å². The van der Waals surface area contributed by atoms with E-state index in [4.69, 9.17) is 16.4 Å². The number of carbonyl (C=O) groups is 2. The maximum atomic E-state index is 11.5. The van der Waals surface area contributed by atoms with Gasteiger partial charge in [-0.05, 0) is 6.26 Å². The lowest BCUT2D eigenvalue weighted by molar-refractivity contribution is -0.125. The van der Waals surface area contributed by atoms with Crippen LogP contribution in [0.2, 0.25) is 0 Å². The van der Waals surface area contributed by atoms with Crippen molar-refractivity contribution in [1.29, 1.82) is 0 Å². The van der Waals surface area contributed by atoms with Crippen LogP contribution in [0.3, 0.4) is 0 Å². The molecule has 0 N–H and O–H groups in total. The Hall–Kier alpha value is -0.750. The van der Waals surface area contributed by atoms with Gasteiger partial charge in [-0.1, -0.05) is 25.9 Å². The smallest absolute Gasteiger partial charge is 0.298 e. The fourth-order valence-corrected chi connectivity index (χ4v) is 1.80. The van der Waals surface area contributed by atoms with Crippen molar-refractivity contribution in [2.24, 2.45) is 10.6 Å². The molecule has 0 aromatic heterocycles. The Morgan fingerprint density at radius 1 is 1.39 bits per heavy atom. The highest BCUT2D eigenvalue weighted by Crippen LogP contribution is 2.19. The van der Waals surface area contributed by atoms with Crippen LogP contribution in [0.25, 0.3) is 0 Å². The highest BCUT2D eigenvalue weighted by atomic mass is 35.5. The molecule has 0 saturated carbocycles. The zero-order valence-electron chi connectivity index (χ0n) is 11.3. The van der Waals surface area contributed by atoms with E-state index in [0.717, 1.165) is 10.6 Å². The summed E-state index contributed by atoms with van der Waals surface area (Å²) in [7, 11) is 1.30. The third kappa shape index (κ3) is 5.73. The molecule has 0 spiro atoms. The Kier molecular flexibility index (Phi) is 7.32. The van der Waals surface area contributed by atoms with Crippen molar-refractivity contribution in [2.45, 2.75) is 20.8 Å². The van der Waals surface area contributed by atoms with Crippen LogP contribution in [-0.2, 0) is 9.63 Å². The Bertz CT molecular complexity index is 340. The molecule has 0 rings (SSSR count). The van der Waals surface area contributed by atoms with E-state index in [1.807, 2.05) is 27.0 Å². The van der Waals surface area contributed by atoms with E-state index in [1.54, 1.807) is 11.8 Å². The van der Waals surface area contributed by atoms with E-state index >= 15 is 0 Å². The van der Waals surface area contributed by atoms with Gasteiger partial charge in [-0.2, -0.15) is 11.8 Å². The second-order valence-corrected chi connectivity index (χ2v) is 5.80. The molecule has 0 radical (unpaired) electrons. The molecule has 5 nitrogen and oxygen atoms in total. The van der Waals surface area contributed by atoms with Crippen LogP contribution in [0, 0.1) is 5.41 Å². The molecule has 0 aromatic rings. The van der Waals surface area contributed by atoms with E-state index in [-0.39, 0.29) is 11.3 Å².